The Balaban J connectivity index is 1.39. The van der Waals surface area contributed by atoms with E-state index in [4.69, 9.17) is 0 Å². The maximum absolute atomic E-state index is 12.6. The zero-order chi connectivity index (χ0) is 20.4. The molecule has 2 aromatic carbocycles. The van der Waals surface area contributed by atoms with E-state index in [0.717, 1.165) is 42.4 Å². The number of carbonyl (C=O) groups is 2. The Morgan fingerprint density at radius 3 is 2.45 bits per heavy atom. The lowest BCUT2D eigenvalue weighted by atomic mass is 9.98. The van der Waals surface area contributed by atoms with Crippen molar-refractivity contribution in [3.63, 3.8) is 0 Å². The average molecular weight is 389 g/mol. The zero-order valence-electron chi connectivity index (χ0n) is 17.0. The zero-order valence-corrected chi connectivity index (χ0v) is 17.0. The van der Waals surface area contributed by atoms with E-state index in [1.165, 1.54) is 0 Å². The van der Waals surface area contributed by atoms with Crippen LogP contribution in [0.5, 0.6) is 0 Å². The highest BCUT2D eigenvalue weighted by molar-refractivity contribution is 5.97. The molecule has 29 heavy (non-hydrogen) atoms. The van der Waals surface area contributed by atoms with E-state index in [9.17, 15) is 9.59 Å². The summed E-state index contributed by atoms with van der Waals surface area (Å²) in [5.41, 5.74) is 3.50. The molecule has 1 saturated heterocycles. The number of nitrogens with one attached hydrogen (secondary N) is 1. The summed E-state index contributed by atoms with van der Waals surface area (Å²) >= 11 is 0. The number of hydrogen-bond acceptors (Lipinski definition) is 2. The lowest BCUT2D eigenvalue weighted by molar-refractivity contribution is -0.115. The Hall–Kier alpha value is -3.08. The van der Waals surface area contributed by atoms with Crippen LogP contribution in [0.3, 0.4) is 0 Å². The van der Waals surface area contributed by atoms with Crippen molar-refractivity contribution < 1.29 is 9.59 Å². The smallest absolute Gasteiger partial charge is 0.253 e. The fraction of sp³-hybridized carbons (Fsp3) is 0.333. The molecule has 1 fully saturated rings. The second kappa shape index (κ2) is 8.11. The van der Waals surface area contributed by atoms with E-state index in [2.05, 4.69) is 18.3 Å². The Bertz CT molecular complexity index is 1030. The number of likely N-dealkylation sites (tertiary alicyclic amines) is 1. The largest absolute Gasteiger partial charge is 0.350 e. The molecule has 0 atom stereocenters. The second-order valence-electron chi connectivity index (χ2n) is 8.06. The van der Waals surface area contributed by atoms with Gasteiger partial charge in [0.05, 0.1) is 6.42 Å². The molecule has 4 rings (SSSR count). The maximum atomic E-state index is 12.6. The quantitative estimate of drug-likeness (QED) is 0.726. The molecule has 5 heteroatoms. The van der Waals surface area contributed by atoms with Crippen LogP contribution in [0, 0.1) is 5.92 Å². The van der Waals surface area contributed by atoms with Crippen LogP contribution in [-0.2, 0) is 18.3 Å². The molecule has 3 aromatic rings. The average Bonchev–Trinajstić information content (AvgIpc) is 3.04. The molecule has 1 N–H and O–H groups in total. The van der Waals surface area contributed by atoms with Crippen LogP contribution in [0.15, 0.2) is 54.7 Å². The van der Waals surface area contributed by atoms with E-state index >= 15 is 0 Å². The number of piperidine rings is 1. The summed E-state index contributed by atoms with van der Waals surface area (Å²) in [6.07, 6.45) is 4.45. The molecular formula is C24H27N3O2. The Labute approximate surface area is 171 Å². The summed E-state index contributed by atoms with van der Waals surface area (Å²) in [7, 11) is 1.99. The molecule has 0 unspecified atom stereocenters. The fourth-order valence-corrected chi connectivity index (χ4v) is 4.04. The summed E-state index contributed by atoms with van der Waals surface area (Å²) < 4.78 is 2.04. The number of rotatable bonds is 4. The topological polar surface area (TPSA) is 54.3 Å². The number of carbonyl (C=O) groups excluding carboxylic acids is 2. The van der Waals surface area contributed by atoms with Gasteiger partial charge in [0.15, 0.2) is 0 Å². The van der Waals surface area contributed by atoms with Gasteiger partial charge in [-0.3, -0.25) is 9.59 Å². The molecular weight excluding hydrogens is 362 g/mol. The van der Waals surface area contributed by atoms with Crippen molar-refractivity contribution in [2.24, 2.45) is 13.0 Å². The molecule has 0 bridgehead atoms. The van der Waals surface area contributed by atoms with Gasteiger partial charge in [0.25, 0.3) is 5.91 Å². The molecule has 0 saturated carbocycles. The standard InChI is InChI=1S/C24H27N3O2/c1-17-11-13-27(14-12-17)24(29)18-7-9-20(10-8-18)25-23(28)15-19-16-26(2)22-6-4-3-5-21(19)22/h3-10,16-17H,11-15H2,1-2H3,(H,25,28). The third-order valence-electron chi connectivity index (χ3n) is 5.82. The minimum Gasteiger partial charge on any atom is -0.350 e. The van der Waals surface area contributed by atoms with Gasteiger partial charge in [-0.2, -0.15) is 0 Å². The molecule has 2 amide bonds. The summed E-state index contributed by atoms with van der Waals surface area (Å²) in [6.45, 7) is 3.88. The number of fused-ring (bicyclic) bond motifs is 1. The summed E-state index contributed by atoms with van der Waals surface area (Å²) in [5.74, 6) is 0.703. The first kappa shape index (κ1) is 19.2. The maximum Gasteiger partial charge on any atom is 0.253 e. The third kappa shape index (κ3) is 4.19. The Morgan fingerprint density at radius 1 is 1.03 bits per heavy atom. The van der Waals surface area contributed by atoms with Crippen molar-refractivity contribution in [3.8, 4) is 0 Å². The molecule has 0 aliphatic carbocycles. The second-order valence-corrected chi connectivity index (χ2v) is 8.06. The molecule has 2 heterocycles. The first-order chi connectivity index (χ1) is 14.0. The van der Waals surface area contributed by atoms with Crippen LogP contribution in [0.1, 0.15) is 35.7 Å². The molecule has 1 aromatic heterocycles. The minimum absolute atomic E-state index is 0.0644. The number of aryl methyl sites for hydroxylation is 1. The normalized spacial score (nSPS) is 14.9. The fourth-order valence-electron chi connectivity index (χ4n) is 4.04. The van der Waals surface area contributed by atoms with E-state index in [1.54, 1.807) is 24.3 Å². The van der Waals surface area contributed by atoms with Crippen molar-refractivity contribution >= 4 is 28.4 Å². The molecule has 0 radical (unpaired) electrons. The molecule has 1 aliphatic rings. The number of nitrogens with zero attached hydrogens (tertiary/aromatic N) is 2. The summed E-state index contributed by atoms with van der Waals surface area (Å²) in [4.78, 5) is 27.1. The number of para-hydroxylation sites is 1. The van der Waals surface area contributed by atoms with Crippen LogP contribution in [-0.4, -0.2) is 34.4 Å². The molecule has 5 nitrogen and oxygen atoms in total. The van der Waals surface area contributed by atoms with Crippen LogP contribution < -0.4 is 5.32 Å². The van der Waals surface area contributed by atoms with Gasteiger partial charge >= 0.3 is 0 Å². The van der Waals surface area contributed by atoms with Crippen LogP contribution in [0.25, 0.3) is 10.9 Å². The minimum atomic E-state index is -0.0644. The van der Waals surface area contributed by atoms with Crippen molar-refractivity contribution in [2.75, 3.05) is 18.4 Å². The SMILES string of the molecule is CC1CCN(C(=O)c2ccc(NC(=O)Cc3cn(C)c4ccccc34)cc2)CC1. The number of benzene rings is 2. The predicted molar refractivity (Wildman–Crippen MR) is 116 cm³/mol. The van der Waals surface area contributed by atoms with E-state index < -0.39 is 0 Å². The number of hydrogen-bond donors (Lipinski definition) is 1. The van der Waals surface area contributed by atoms with Gasteiger partial charge in [-0.1, -0.05) is 25.1 Å². The van der Waals surface area contributed by atoms with Gasteiger partial charge in [-0.15, -0.1) is 0 Å². The molecule has 0 spiro atoms. The highest BCUT2D eigenvalue weighted by Crippen LogP contribution is 2.22. The number of aromatic nitrogens is 1. The first-order valence-corrected chi connectivity index (χ1v) is 10.2. The van der Waals surface area contributed by atoms with Crippen molar-refractivity contribution in [1.82, 2.24) is 9.47 Å². The van der Waals surface area contributed by atoms with Gasteiger partial charge < -0.3 is 14.8 Å². The van der Waals surface area contributed by atoms with Gasteiger partial charge in [-0.05, 0) is 54.7 Å². The highest BCUT2D eigenvalue weighted by atomic mass is 16.2. The van der Waals surface area contributed by atoms with E-state index in [0.29, 0.717) is 23.6 Å². The lowest BCUT2D eigenvalue weighted by Gasteiger charge is -2.30. The van der Waals surface area contributed by atoms with Crippen molar-refractivity contribution in [1.29, 1.82) is 0 Å². The number of anilines is 1. The summed E-state index contributed by atoms with van der Waals surface area (Å²) in [6, 6.07) is 15.3. The van der Waals surface area contributed by atoms with Gasteiger partial charge in [0, 0.05) is 48.5 Å². The lowest BCUT2D eigenvalue weighted by Crippen LogP contribution is -2.37. The van der Waals surface area contributed by atoms with Gasteiger partial charge in [0.2, 0.25) is 5.91 Å². The van der Waals surface area contributed by atoms with E-state index in [1.807, 2.05) is 40.9 Å². The third-order valence-corrected chi connectivity index (χ3v) is 5.82. The summed E-state index contributed by atoms with van der Waals surface area (Å²) in [5, 5.41) is 4.04. The molecule has 1 aliphatic heterocycles. The highest BCUT2D eigenvalue weighted by Gasteiger charge is 2.21. The van der Waals surface area contributed by atoms with Crippen LogP contribution in [0.2, 0.25) is 0 Å². The Morgan fingerprint density at radius 2 is 1.72 bits per heavy atom. The molecule has 150 valence electrons. The van der Waals surface area contributed by atoms with Crippen LogP contribution in [0.4, 0.5) is 5.69 Å². The first-order valence-electron chi connectivity index (χ1n) is 10.2. The van der Waals surface area contributed by atoms with Crippen molar-refractivity contribution in [3.05, 3.63) is 65.9 Å². The predicted octanol–water partition coefficient (Wildman–Crippen LogP) is 4.23. The van der Waals surface area contributed by atoms with Gasteiger partial charge in [-0.25, -0.2) is 0 Å². The monoisotopic (exact) mass is 389 g/mol. The number of amides is 2. The van der Waals surface area contributed by atoms with Gasteiger partial charge in [0.1, 0.15) is 0 Å². The van der Waals surface area contributed by atoms with Crippen LogP contribution >= 0.6 is 0 Å². The Kier molecular flexibility index (Phi) is 5.38. The van der Waals surface area contributed by atoms with E-state index in [-0.39, 0.29) is 11.8 Å². The van der Waals surface area contributed by atoms with Crippen molar-refractivity contribution in [2.45, 2.75) is 26.2 Å².